The molecule has 0 aliphatic rings. The zero-order valence-corrected chi connectivity index (χ0v) is 22.2. The van der Waals surface area contributed by atoms with Crippen LogP contribution in [-0.2, 0) is 22.7 Å². The molecule has 1 atom stereocenters. The van der Waals surface area contributed by atoms with E-state index in [-0.39, 0.29) is 36.9 Å². The molecule has 12 nitrogen and oxygen atoms in total. The number of benzene rings is 1. The number of nitrogens with zero attached hydrogens (tertiary/aromatic N) is 5. The standard InChI is InChI=1S/C26H32FN7O5/c1-16(2)13-34-21-10-9-17(27)11-19(21)29-22(34)14-33-15-28-12-20(25(33)37)30-24(36)18(31-26(38)39)7-5-6-8-23(35)32(3)4/h6,8-12,15-16,18,31H,5,7,13-14H2,1-4H3,(H,30,36)(H,38,39)/b8-6+/t18-/m0/s1. The van der Waals surface area contributed by atoms with Gasteiger partial charge in [-0.3, -0.25) is 19.0 Å². The zero-order valence-electron chi connectivity index (χ0n) is 22.2. The molecule has 0 saturated heterocycles. The molecule has 0 radical (unpaired) electrons. The highest BCUT2D eigenvalue weighted by molar-refractivity contribution is 5.96. The Labute approximate surface area is 224 Å². The van der Waals surface area contributed by atoms with Gasteiger partial charge in [0, 0.05) is 26.7 Å². The first-order chi connectivity index (χ1) is 18.5. The number of fused-ring (bicyclic) bond motifs is 1. The van der Waals surface area contributed by atoms with Crippen LogP contribution in [0, 0.1) is 11.7 Å². The van der Waals surface area contributed by atoms with E-state index in [2.05, 4.69) is 20.6 Å². The number of anilines is 1. The Morgan fingerprint density at radius 1 is 1.23 bits per heavy atom. The van der Waals surface area contributed by atoms with Gasteiger partial charge in [0.15, 0.2) is 0 Å². The summed E-state index contributed by atoms with van der Waals surface area (Å²) in [5.41, 5.74) is 0.475. The van der Waals surface area contributed by atoms with Gasteiger partial charge in [-0.2, -0.15) is 0 Å². The molecule has 0 saturated carbocycles. The van der Waals surface area contributed by atoms with Crippen LogP contribution in [0.25, 0.3) is 11.0 Å². The molecule has 0 unspecified atom stereocenters. The lowest BCUT2D eigenvalue weighted by Crippen LogP contribution is -2.44. The predicted octanol–water partition coefficient (Wildman–Crippen LogP) is 2.44. The van der Waals surface area contributed by atoms with Crippen molar-refractivity contribution in [2.45, 2.75) is 45.8 Å². The second-order valence-corrected chi connectivity index (χ2v) is 9.61. The Morgan fingerprint density at radius 3 is 2.64 bits per heavy atom. The second-order valence-electron chi connectivity index (χ2n) is 9.61. The van der Waals surface area contributed by atoms with E-state index < -0.39 is 29.4 Å². The summed E-state index contributed by atoms with van der Waals surface area (Å²) < 4.78 is 17.0. The first-order valence-corrected chi connectivity index (χ1v) is 12.3. The fourth-order valence-corrected chi connectivity index (χ4v) is 3.88. The van der Waals surface area contributed by atoms with Gasteiger partial charge in [-0.15, -0.1) is 0 Å². The number of imidazole rings is 1. The minimum absolute atomic E-state index is 0.0140. The van der Waals surface area contributed by atoms with Gasteiger partial charge in [0.2, 0.25) is 11.8 Å². The van der Waals surface area contributed by atoms with Gasteiger partial charge in [0.05, 0.1) is 30.1 Å². The summed E-state index contributed by atoms with van der Waals surface area (Å²) in [6.45, 7) is 4.66. The third-order valence-electron chi connectivity index (χ3n) is 5.75. The van der Waals surface area contributed by atoms with Crippen LogP contribution in [-0.4, -0.2) is 67.2 Å². The zero-order chi connectivity index (χ0) is 28.7. The number of hydrogen-bond donors (Lipinski definition) is 3. The van der Waals surface area contributed by atoms with Crippen LogP contribution < -0.4 is 16.2 Å². The number of aromatic nitrogens is 4. The maximum Gasteiger partial charge on any atom is 0.405 e. The number of nitrogens with one attached hydrogen (secondary N) is 2. The maximum absolute atomic E-state index is 13.8. The van der Waals surface area contributed by atoms with Crippen LogP contribution in [0.4, 0.5) is 14.9 Å². The topological polar surface area (TPSA) is 151 Å². The first kappa shape index (κ1) is 29.0. The molecule has 0 aliphatic heterocycles. The Balaban J connectivity index is 1.81. The summed E-state index contributed by atoms with van der Waals surface area (Å²) in [6.07, 6.45) is 4.23. The number of allylic oxidation sites excluding steroid dienone is 1. The maximum atomic E-state index is 13.8. The summed E-state index contributed by atoms with van der Waals surface area (Å²) in [5.74, 6) is -0.646. The van der Waals surface area contributed by atoms with Crippen LogP contribution in [0.15, 0.2) is 47.7 Å². The number of carbonyl (C=O) groups is 3. The van der Waals surface area contributed by atoms with E-state index in [4.69, 9.17) is 5.11 Å². The van der Waals surface area contributed by atoms with Gasteiger partial charge in [-0.1, -0.05) is 19.9 Å². The van der Waals surface area contributed by atoms with Crippen LogP contribution in [0.1, 0.15) is 32.5 Å². The number of carboxylic acid groups (broad SMARTS) is 1. The highest BCUT2D eigenvalue weighted by Gasteiger charge is 2.22. The molecule has 0 fully saturated rings. The van der Waals surface area contributed by atoms with Crippen molar-refractivity contribution in [2.24, 2.45) is 5.92 Å². The van der Waals surface area contributed by atoms with E-state index in [0.717, 1.165) is 5.52 Å². The Hall–Kier alpha value is -4.55. The molecule has 3 rings (SSSR count). The molecule has 2 aromatic heterocycles. The third kappa shape index (κ3) is 7.72. The molecule has 0 bridgehead atoms. The van der Waals surface area contributed by atoms with Crippen molar-refractivity contribution in [1.82, 2.24) is 29.3 Å². The van der Waals surface area contributed by atoms with Gasteiger partial charge >= 0.3 is 6.09 Å². The summed E-state index contributed by atoms with van der Waals surface area (Å²) in [4.78, 5) is 58.9. The highest BCUT2D eigenvalue weighted by Crippen LogP contribution is 2.20. The smallest absolute Gasteiger partial charge is 0.405 e. The van der Waals surface area contributed by atoms with Crippen molar-refractivity contribution in [3.8, 4) is 0 Å². The van der Waals surface area contributed by atoms with Crippen molar-refractivity contribution < 1.29 is 23.9 Å². The first-order valence-electron chi connectivity index (χ1n) is 12.3. The van der Waals surface area contributed by atoms with Gasteiger partial charge in [0.25, 0.3) is 5.56 Å². The van der Waals surface area contributed by atoms with Gasteiger partial charge in [0.1, 0.15) is 23.4 Å². The van der Waals surface area contributed by atoms with E-state index in [0.29, 0.717) is 17.9 Å². The molecule has 3 amide bonds. The number of likely N-dealkylation sites (N-methyl/N-ethyl adjacent to an activating group) is 1. The SMILES string of the molecule is CC(C)Cn1c(Cn2cncc(NC(=O)[C@H](CC/C=C/C(=O)N(C)C)NC(=O)O)c2=O)nc2cc(F)ccc21. The monoisotopic (exact) mass is 541 g/mol. The second kappa shape index (κ2) is 12.8. The Kier molecular flexibility index (Phi) is 9.52. The van der Waals surface area contributed by atoms with E-state index in [1.165, 1.54) is 46.3 Å². The Bertz CT molecular complexity index is 1440. The van der Waals surface area contributed by atoms with E-state index >= 15 is 0 Å². The lowest BCUT2D eigenvalue weighted by molar-refractivity contribution is -0.123. The van der Waals surface area contributed by atoms with Crippen LogP contribution in [0.2, 0.25) is 0 Å². The third-order valence-corrected chi connectivity index (χ3v) is 5.75. The number of rotatable bonds is 11. The largest absolute Gasteiger partial charge is 0.465 e. The molecular weight excluding hydrogens is 509 g/mol. The molecule has 3 N–H and O–H groups in total. The van der Waals surface area contributed by atoms with Crippen LogP contribution in [0.5, 0.6) is 0 Å². The molecule has 0 spiro atoms. The van der Waals surface area contributed by atoms with Crippen molar-refractivity contribution >= 4 is 34.6 Å². The number of carbonyl (C=O) groups excluding carboxylic acids is 2. The fourth-order valence-electron chi connectivity index (χ4n) is 3.88. The average molecular weight is 542 g/mol. The molecule has 0 aliphatic carbocycles. The summed E-state index contributed by atoms with van der Waals surface area (Å²) >= 11 is 0. The molecular formula is C26H32FN7O5. The van der Waals surface area contributed by atoms with Gasteiger partial charge < -0.3 is 25.2 Å². The van der Waals surface area contributed by atoms with E-state index in [9.17, 15) is 23.6 Å². The highest BCUT2D eigenvalue weighted by atomic mass is 19.1. The minimum Gasteiger partial charge on any atom is -0.465 e. The van der Waals surface area contributed by atoms with Gasteiger partial charge in [-0.05, 0) is 37.0 Å². The molecule has 2 heterocycles. The molecule has 1 aromatic carbocycles. The Morgan fingerprint density at radius 2 is 1.97 bits per heavy atom. The average Bonchev–Trinajstić information content (AvgIpc) is 3.18. The summed E-state index contributed by atoms with van der Waals surface area (Å²) in [6, 6.07) is 3.14. The van der Waals surface area contributed by atoms with Crippen molar-refractivity contribution in [3.05, 3.63) is 64.9 Å². The van der Waals surface area contributed by atoms with E-state index in [1.54, 1.807) is 20.2 Å². The number of hydrogen-bond acceptors (Lipinski definition) is 6. The van der Waals surface area contributed by atoms with Crippen LogP contribution in [0.3, 0.4) is 0 Å². The van der Waals surface area contributed by atoms with Crippen LogP contribution >= 0.6 is 0 Å². The van der Waals surface area contributed by atoms with Crippen molar-refractivity contribution in [1.29, 1.82) is 0 Å². The molecule has 39 heavy (non-hydrogen) atoms. The molecule has 208 valence electrons. The quantitative estimate of drug-likeness (QED) is 0.315. The lowest BCUT2D eigenvalue weighted by atomic mass is 10.1. The minimum atomic E-state index is -1.41. The fraction of sp³-hybridized carbons (Fsp3) is 0.385. The predicted molar refractivity (Wildman–Crippen MR) is 143 cm³/mol. The van der Waals surface area contributed by atoms with Crippen molar-refractivity contribution in [3.63, 3.8) is 0 Å². The number of amides is 3. The van der Waals surface area contributed by atoms with Gasteiger partial charge in [-0.25, -0.2) is 19.2 Å². The van der Waals surface area contributed by atoms with Crippen molar-refractivity contribution in [2.75, 3.05) is 19.4 Å². The number of halogens is 1. The molecule has 3 aromatic rings. The molecule has 13 heteroatoms. The van der Waals surface area contributed by atoms with E-state index in [1.807, 2.05) is 18.4 Å². The lowest BCUT2D eigenvalue weighted by Gasteiger charge is -2.16. The summed E-state index contributed by atoms with van der Waals surface area (Å²) in [5, 5.41) is 13.7. The summed E-state index contributed by atoms with van der Waals surface area (Å²) in [7, 11) is 3.19. The normalized spacial score (nSPS) is 12.2.